The molecule has 0 aliphatic rings. The van der Waals surface area contributed by atoms with Crippen molar-refractivity contribution in [3.63, 3.8) is 0 Å². The number of carbonyl (C=O) groups excluding carboxylic acids is 2. The van der Waals surface area contributed by atoms with E-state index in [0.29, 0.717) is 23.1 Å². The van der Waals surface area contributed by atoms with Crippen LogP contribution in [0.4, 0.5) is 5.69 Å². The van der Waals surface area contributed by atoms with Crippen LogP contribution in [0.2, 0.25) is 5.02 Å². The molecule has 3 atom stereocenters. The Labute approximate surface area is 237 Å². The van der Waals surface area contributed by atoms with E-state index in [4.69, 9.17) is 21.1 Å². The van der Waals surface area contributed by atoms with Gasteiger partial charge in [0.15, 0.2) is 11.5 Å². The molecule has 3 aromatic rings. The summed E-state index contributed by atoms with van der Waals surface area (Å²) in [5.41, 5.74) is 4.69. The van der Waals surface area contributed by atoms with E-state index in [-0.39, 0.29) is 30.5 Å². The number of ether oxygens (including phenoxy) is 2. The number of nitrogens with one attached hydrogen (secondary N) is 1. The quantitative estimate of drug-likeness (QED) is 0.225. The highest BCUT2D eigenvalue weighted by atomic mass is 35.5. The van der Waals surface area contributed by atoms with Gasteiger partial charge in [-0.1, -0.05) is 42.8 Å². The number of rotatable bonds is 13. The van der Waals surface area contributed by atoms with Gasteiger partial charge in [-0.2, -0.15) is 0 Å². The molecule has 1 amide bonds. The van der Waals surface area contributed by atoms with E-state index in [1.54, 1.807) is 14.0 Å². The Balaban J connectivity index is 2.07. The van der Waals surface area contributed by atoms with E-state index in [1.165, 1.54) is 0 Å². The molecule has 1 N–H and O–H groups in total. The van der Waals surface area contributed by atoms with Crippen LogP contribution in [0.1, 0.15) is 75.4 Å². The maximum Gasteiger partial charge on any atom is 0.219 e. The number of benzene rings is 3. The Morgan fingerprint density at radius 3 is 2.18 bits per heavy atom. The lowest BCUT2D eigenvalue weighted by atomic mass is 9.92. The smallest absolute Gasteiger partial charge is 0.219 e. The summed E-state index contributed by atoms with van der Waals surface area (Å²) in [7, 11) is 1.60. The van der Waals surface area contributed by atoms with E-state index < -0.39 is 0 Å². The number of aldehydes is 1. The van der Waals surface area contributed by atoms with E-state index in [0.717, 1.165) is 40.6 Å². The standard InChI is InChI=1S/C32H39ClN2O4/c1-7-21(3)39-31-20-29(26(17-18-36)19-30(31)38-6)32(25-9-13-27(33)14-10-25)34-28-15-11-24(12-16-28)22(4)35(8-2)23(5)37/h9-16,18-22,32,34H,7-8,17H2,1-6H3/t21-,22?,32?/m1/s1. The van der Waals surface area contributed by atoms with Crippen molar-refractivity contribution in [1.82, 2.24) is 4.90 Å². The largest absolute Gasteiger partial charge is 0.493 e. The Morgan fingerprint density at radius 2 is 1.64 bits per heavy atom. The van der Waals surface area contributed by atoms with Gasteiger partial charge in [0.05, 0.1) is 25.3 Å². The Kier molecular flexibility index (Phi) is 10.8. The molecule has 0 spiro atoms. The van der Waals surface area contributed by atoms with Crippen LogP contribution in [0.5, 0.6) is 11.5 Å². The second-order valence-electron chi connectivity index (χ2n) is 9.64. The summed E-state index contributed by atoms with van der Waals surface area (Å²) in [5.74, 6) is 1.27. The zero-order valence-corrected chi connectivity index (χ0v) is 24.4. The average Bonchev–Trinajstić information content (AvgIpc) is 2.93. The van der Waals surface area contributed by atoms with Crippen molar-refractivity contribution in [2.24, 2.45) is 0 Å². The van der Waals surface area contributed by atoms with Crippen molar-refractivity contribution in [3.8, 4) is 11.5 Å². The van der Waals surface area contributed by atoms with Gasteiger partial charge in [0.25, 0.3) is 0 Å². The number of anilines is 1. The van der Waals surface area contributed by atoms with Gasteiger partial charge in [-0.25, -0.2) is 0 Å². The van der Waals surface area contributed by atoms with Gasteiger partial charge in [-0.3, -0.25) is 4.79 Å². The van der Waals surface area contributed by atoms with Gasteiger partial charge in [0.1, 0.15) is 6.29 Å². The molecule has 39 heavy (non-hydrogen) atoms. The van der Waals surface area contributed by atoms with Crippen LogP contribution in [0.25, 0.3) is 0 Å². The predicted octanol–water partition coefficient (Wildman–Crippen LogP) is 7.40. The number of hydrogen-bond acceptors (Lipinski definition) is 5. The molecule has 0 radical (unpaired) electrons. The minimum absolute atomic E-state index is 0.00200. The first kappa shape index (κ1) is 30.0. The molecule has 0 aromatic heterocycles. The molecule has 0 heterocycles. The van der Waals surface area contributed by atoms with E-state index >= 15 is 0 Å². The average molecular weight is 551 g/mol. The summed E-state index contributed by atoms with van der Waals surface area (Å²) in [6, 6.07) is 19.3. The minimum Gasteiger partial charge on any atom is -0.493 e. The van der Waals surface area contributed by atoms with E-state index in [2.05, 4.69) is 12.2 Å². The molecular formula is C32H39ClN2O4. The predicted molar refractivity (Wildman–Crippen MR) is 158 cm³/mol. The first-order valence-electron chi connectivity index (χ1n) is 13.4. The molecule has 2 unspecified atom stereocenters. The topological polar surface area (TPSA) is 67.9 Å². The number of carbonyl (C=O) groups is 2. The van der Waals surface area contributed by atoms with Crippen molar-refractivity contribution in [2.75, 3.05) is 19.0 Å². The second kappa shape index (κ2) is 14.0. The third-order valence-corrected chi connectivity index (χ3v) is 7.31. The van der Waals surface area contributed by atoms with Crippen molar-refractivity contribution in [2.45, 2.75) is 65.6 Å². The highest BCUT2D eigenvalue weighted by Gasteiger charge is 2.23. The maximum atomic E-state index is 12.0. The van der Waals surface area contributed by atoms with Crippen LogP contribution in [-0.2, 0) is 16.0 Å². The van der Waals surface area contributed by atoms with Crippen LogP contribution in [0.3, 0.4) is 0 Å². The van der Waals surface area contributed by atoms with Crippen molar-refractivity contribution in [3.05, 3.63) is 87.9 Å². The zero-order chi connectivity index (χ0) is 28.5. The zero-order valence-electron chi connectivity index (χ0n) is 23.7. The number of amides is 1. The molecule has 0 bridgehead atoms. The molecule has 3 aromatic carbocycles. The van der Waals surface area contributed by atoms with Crippen molar-refractivity contribution in [1.29, 1.82) is 0 Å². The van der Waals surface area contributed by atoms with Gasteiger partial charge in [0.2, 0.25) is 5.91 Å². The molecule has 3 rings (SSSR count). The first-order chi connectivity index (χ1) is 18.7. The fourth-order valence-electron chi connectivity index (χ4n) is 4.67. The highest BCUT2D eigenvalue weighted by molar-refractivity contribution is 6.30. The fraction of sp³-hybridized carbons (Fsp3) is 0.375. The molecule has 0 saturated heterocycles. The summed E-state index contributed by atoms with van der Waals surface area (Å²) in [6.45, 7) is 10.3. The lowest BCUT2D eigenvalue weighted by molar-refractivity contribution is -0.130. The normalized spacial score (nSPS) is 13.2. The van der Waals surface area contributed by atoms with Gasteiger partial charge in [-0.15, -0.1) is 0 Å². The van der Waals surface area contributed by atoms with Crippen LogP contribution < -0.4 is 14.8 Å². The number of halogens is 1. The maximum absolute atomic E-state index is 12.0. The molecule has 0 aliphatic carbocycles. The lowest BCUT2D eigenvalue weighted by Gasteiger charge is -2.28. The monoisotopic (exact) mass is 550 g/mol. The Morgan fingerprint density at radius 1 is 1.00 bits per heavy atom. The van der Waals surface area contributed by atoms with Crippen LogP contribution in [0, 0.1) is 0 Å². The SMILES string of the molecule is CC[C@@H](C)Oc1cc(C(Nc2ccc(C(C)N(CC)C(C)=O)cc2)c2ccc(Cl)cc2)c(CC=O)cc1OC. The van der Waals surface area contributed by atoms with E-state index in [9.17, 15) is 9.59 Å². The van der Waals surface area contributed by atoms with Gasteiger partial charge in [-0.05, 0) is 85.8 Å². The van der Waals surface area contributed by atoms with Gasteiger partial charge >= 0.3 is 0 Å². The molecule has 0 aliphatic heterocycles. The summed E-state index contributed by atoms with van der Waals surface area (Å²) in [6.07, 6.45) is 1.97. The summed E-state index contributed by atoms with van der Waals surface area (Å²) >= 11 is 6.22. The summed E-state index contributed by atoms with van der Waals surface area (Å²) in [5, 5.41) is 4.30. The molecule has 7 heteroatoms. The molecular weight excluding hydrogens is 512 g/mol. The van der Waals surface area contributed by atoms with E-state index in [1.807, 2.05) is 86.3 Å². The molecule has 0 saturated carbocycles. The molecule has 0 fully saturated rings. The first-order valence-corrected chi connectivity index (χ1v) is 13.8. The summed E-state index contributed by atoms with van der Waals surface area (Å²) < 4.78 is 11.8. The van der Waals surface area contributed by atoms with Crippen LogP contribution in [0.15, 0.2) is 60.7 Å². The third kappa shape index (κ3) is 7.54. The van der Waals surface area contributed by atoms with Gasteiger partial charge in [0, 0.05) is 30.6 Å². The Hall–Kier alpha value is -3.51. The fourth-order valence-corrected chi connectivity index (χ4v) is 4.80. The Bertz CT molecular complexity index is 1240. The third-order valence-electron chi connectivity index (χ3n) is 7.06. The van der Waals surface area contributed by atoms with Crippen LogP contribution >= 0.6 is 11.6 Å². The second-order valence-corrected chi connectivity index (χ2v) is 10.1. The minimum atomic E-state index is -0.296. The van der Waals surface area contributed by atoms with Crippen LogP contribution in [-0.4, -0.2) is 36.9 Å². The number of methoxy groups -OCH3 is 1. The number of nitrogens with zero attached hydrogens (tertiary/aromatic N) is 1. The van der Waals surface area contributed by atoms with Gasteiger partial charge < -0.3 is 24.5 Å². The lowest BCUT2D eigenvalue weighted by Crippen LogP contribution is -2.31. The highest BCUT2D eigenvalue weighted by Crippen LogP contribution is 2.38. The van der Waals surface area contributed by atoms with Crippen molar-refractivity contribution < 1.29 is 19.1 Å². The summed E-state index contributed by atoms with van der Waals surface area (Å²) in [4.78, 5) is 25.6. The molecule has 6 nitrogen and oxygen atoms in total. The number of hydrogen-bond donors (Lipinski definition) is 1. The molecule has 208 valence electrons. The van der Waals surface area contributed by atoms with Crippen molar-refractivity contribution >= 4 is 29.5 Å².